The molecule has 0 amide bonds. The van der Waals surface area contributed by atoms with E-state index in [0.29, 0.717) is 11.5 Å². The number of ether oxygens (including phenoxy) is 1. The number of benzene rings is 1. The highest BCUT2D eigenvalue weighted by atomic mass is 16.5. The van der Waals surface area contributed by atoms with E-state index < -0.39 is 0 Å². The van der Waals surface area contributed by atoms with Crippen molar-refractivity contribution in [2.75, 3.05) is 6.61 Å². The van der Waals surface area contributed by atoms with Gasteiger partial charge in [-0.2, -0.15) is 5.10 Å². The molecule has 1 rings (SSSR count). The molecule has 0 aliphatic carbocycles. The van der Waals surface area contributed by atoms with Crippen LogP contribution in [0.4, 0.5) is 0 Å². The fourth-order valence-electron chi connectivity index (χ4n) is 2.03. The van der Waals surface area contributed by atoms with Gasteiger partial charge in [-0.25, -0.2) is 0 Å². The molecule has 0 spiro atoms. The third-order valence-corrected chi connectivity index (χ3v) is 3.25. The Labute approximate surface area is 127 Å². The van der Waals surface area contributed by atoms with Crippen LogP contribution in [0.1, 0.15) is 52.7 Å². The van der Waals surface area contributed by atoms with Gasteiger partial charge in [0, 0.05) is 11.1 Å². The minimum atomic E-state index is -0.197. The van der Waals surface area contributed by atoms with Crippen LogP contribution in [0.2, 0.25) is 0 Å². The number of hydrogen-bond acceptors (Lipinski definition) is 4. The van der Waals surface area contributed by atoms with Crippen LogP contribution in [0, 0.1) is 0 Å². The lowest BCUT2D eigenvalue weighted by molar-refractivity contribution is 0.366. The van der Waals surface area contributed by atoms with Gasteiger partial charge in [0.2, 0.25) is 0 Å². The molecule has 5 N–H and O–H groups in total. The van der Waals surface area contributed by atoms with E-state index >= 15 is 0 Å². The SMILES string of the molecule is CC(C)(C)c1cc(OC/C(N)=N\N)cc(C(C)(C)C)c1O. The van der Waals surface area contributed by atoms with Crippen LogP contribution in [0.25, 0.3) is 0 Å². The highest BCUT2D eigenvalue weighted by molar-refractivity contribution is 5.81. The van der Waals surface area contributed by atoms with Crippen molar-refractivity contribution < 1.29 is 9.84 Å². The van der Waals surface area contributed by atoms with Crippen molar-refractivity contribution in [3.05, 3.63) is 23.3 Å². The van der Waals surface area contributed by atoms with Crippen LogP contribution < -0.4 is 16.3 Å². The number of phenolic OH excluding ortho intramolecular Hbond substituents is 1. The molecule has 0 radical (unpaired) electrons. The van der Waals surface area contributed by atoms with Gasteiger partial charge in [-0.15, -0.1) is 0 Å². The third kappa shape index (κ3) is 4.28. The molecule has 0 aliphatic rings. The van der Waals surface area contributed by atoms with Crippen molar-refractivity contribution in [3.63, 3.8) is 0 Å². The van der Waals surface area contributed by atoms with Crippen LogP contribution in [-0.4, -0.2) is 17.5 Å². The fraction of sp³-hybridized carbons (Fsp3) is 0.562. The van der Waals surface area contributed by atoms with Crippen molar-refractivity contribution >= 4 is 5.84 Å². The van der Waals surface area contributed by atoms with E-state index in [-0.39, 0.29) is 23.3 Å². The second-order valence-corrected chi connectivity index (χ2v) is 7.28. The topological polar surface area (TPSA) is 93.9 Å². The molecule has 1 aromatic carbocycles. The van der Waals surface area contributed by atoms with Crippen molar-refractivity contribution in [3.8, 4) is 11.5 Å². The smallest absolute Gasteiger partial charge is 0.157 e. The predicted molar refractivity (Wildman–Crippen MR) is 86.8 cm³/mol. The largest absolute Gasteiger partial charge is 0.507 e. The molecular weight excluding hydrogens is 266 g/mol. The zero-order valence-electron chi connectivity index (χ0n) is 13.8. The van der Waals surface area contributed by atoms with Gasteiger partial charge >= 0.3 is 0 Å². The lowest BCUT2D eigenvalue weighted by atomic mass is 9.79. The molecule has 0 saturated carbocycles. The average Bonchev–Trinajstić information content (AvgIpc) is 2.34. The van der Waals surface area contributed by atoms with Crippen molar-refractivity contribution in [1.29, 1.82) is 0 Å². The summed E-state index contributed by atoms with van der Waals surface area (Å²) in [6, 6.07) is 3.68. The lowest BCUT2D eigenvalue weighted by Crippen LogP contribution is -2.23. The molecule has 0 saturated heterocycles. The summed E-state index contributed by atoms with van der Waals surface area (Å²) >= 11 is 0. The summed E-state index contributed by atoms with van der Waals surface area (Å²) in [5, 5.41) is 14.0. The second-order valence-electron chi connectivity index (χ2n) is 7.28. The molecule has 118 valence electrons. The van der Waals surface area contributed by atoms with Crippen molar-refractivity contribution in [1.82, 2.24) is 0 Å². The molecule has 0 heterocycles. The van der Waals surface area contributed by atoms with Gasteiger partial charge in [0.05, 0.1) is 0 Å². The average molecular weight is 293 g/mol. The molecule has 0 atom stereocenters. The highest BCUT2D eigenvalue weighted by Gasteiger charge is 2.26. The molecule has 21 heavy (non-hydrogen) atoms. The summed E-state index contributed by atoms with van der Waals surface area (Å²) in [5.74, 6) is 6.29. The molecule has 0 fully saturated rings. The van der Waals surface area contributed by atoms with E-state index in [1.807, 2.05) is 53.7 Å². The molecule has 0 unspecified atom stereocenters. The number of nitrogens with two attached hydrogens (primary N) is 2. The van der Waals surface area contributed by atoms with Crippen molar-refractivity contribution in [2.45, 2.75) is 52.4 Å². The number of hydrazone groups is 1. The summed E-state index contributed by atoms with van der Waals surface area (Å²) in [7, 11) is 0. The molecule has 0 bridgehead atoms. The molecule has 0 aliphatic heterocycles. The van der Waals surface area contributed by atoms with Gasteiger partial charge in [-0.05, 0) is 23.0 Å². The first-order valence-corrected chi connectivity index (χ1v) is 7.00. The lowest BCUT2D eigenvalue weighted by Gasteiger charge is -2.28. The monoisotopic (exact) mass is 293 g/mol. The summed E-state index contributed by atoms with van der Waals surface area (Å²) < 4.78 is 5.64. The van der Waals surface area contributed by atoms with E-state index in [1.54, 1.807) is 0 Å². The Morgan fingerprint density at radius 1 is 1.10 bits per heavy atom. The number of aromatic hydroxyl groups is 1. The van der Waals surface area contributed by atoms with Crippen LogP contribution in [0.5, 0.6) is 11.5 Å². The number of hydrogen-bond donors (Lipinski definition) is 3. The van der Waals surface area contributed by atoms with Crippen LogP contribution in [0.15, 0.2) is 17.2 Å². The molecular formula is C16H27N3O2. The molecule has 5 nitrogen and oxygen atoms in total. The molecule has 0 aromatic heterocycles. The zero-order valence-corrected chi connectivity index (χ0v) is 13.8. The Bertz CT molecular complexity index is 502. The Balaban J connectivity index is 3.34. The van der Waals surface area contributed by atoms with Gasteiger partial charge in [0.15, 0.2) is 5.84 Å². The van der Waals surface area contributed by atoms with E-state index in [0.717, 1.165) is 11.1 Å². The first kappa shape index (κ1) is 17.1. The maximum absolute atomic E-state index is 10.6. The Hall–Kier alpha value is -1.91. The zero-order chi connectivity index (χ0) is 16.4. The standard InChI is InChI=1S/C16H27N3O2/c1-15(2,3)11-7-10(21-9-13(17)19-18)8-12(14(11)20)16(4,5)6/h7-8,20H,9,18H2,1-6H3,(H2,17,19). The first-order chi connectivity index (χ1) is 9.46. The minimum Gasteiger partial charge on any atom is -0.507 e. The Kier molecular flexibility index (Phi) is 4.76. The summed E-state index contributed by atoms with van der Waals surface area (Å²) in [4.78, 5) is 0. The highest BCUT2D eigenvalue weighted by Crippen LogP contribution is 2.41. The number of phenols is 1. The van der Waals surface area contributed by atoms with Crippen LogP contribution in [0.3, 0.4) is 0 Å². The summed E-state index contributed by atoms with van der Waals surface area (Å²) in [5.41, 5.74) is 6.84. The first-order valence-electron chi connectivity index (χ1n) is 7.00. The minimum absolute atomic E-state index is 0.119. The van der Waals surface area contributed by atoms with Gasteiger partial charge in [-0.3, -0.25) is 0 Å². The van der Waals surface area contributed by atoms with Gasteiger partial charge in [-0.1, -0.05) is 41.5 Å². The Morgan fingerprint density at radius 2 is 1.52 bits per heavy atom. The van der Waals surface area contributed by atoms with E-state index in [9.17, 15) is 5.11 Å². The van der Waals surface area contributed by atoms with Gasteiger partial charge in [0.25, 0.3) is 0 Å². The quantitative estimate of drug-likeness (QED) is 0.345. The van der Waals surface area contributed by atoms with E-state index in [4.69, 9.17) is 16.3 Å². The second kappa shape index (κ2) is 5.84. The molecule has 1 aromatic rings. The van der Waals surface area contributed by atoms with Gasteiger partial charge in [0.1, 0.15) is 18.1 Å². The molecule has 5 heteroatoms. The third-order valence-electron chi connectivity index (χ3n) is 3.25. The Morgan fingerprint density at radius 3 is 1.86 bits per heavy atom. The maximum Gasteiger partial charge on any atom is 0.157 e. The number of nitrogens with zero attached hydrogens (tertiary/aromatic N) is 1. The summed E-state index contributed by atoms with van der Waals surface area (Å²) in [6.45, 7) is 12.4. The van der Waals surface area contributed by atoms with Crippen molar-refractivity contribution in [2.24, 2.45) is 16.7 Å². The predicted octanol–water partition coefficient (Wildman–Crippen LogP) is 2.60. The van der Waals surface area contributed by atoms with E-state index in [1.165, 1.54) is 0 Å². The van der Waals surface area contributed by atoms with E-state index in [2.05, 4.69) is 5.10 Å². The fourth-order valence-corrected chi connectivity index (χ4v) is 2.03. The van der Waals surface area contributed by atoms with Crippen LogP contribution >= 0.6 is 0 Å². The number of rotatable bonds is 3. The van der Waals surface area contributed by atoms with Gasteiger partial charge < -0.3 is 21.4 Å². The summed E-state index contributed by atoms with van der Waals surface area (Å²) in [6.07, 6.45) is 0. The number of amidine groups is 1. The normalized spacial score (nSPS) is 13.3. The maximum atomic E-state index is 10.6. The van der Waals surface area contributed by atoms with Crippen LogP contribution in [-0.2, 0) is 10.8 Å².